The Morgan fingerprint density at radius 2 is 1.94 bits per heavy atom. The van der Waals surface area contributed by atoms with E-state index in [0.29, 0.717) is 0 Å². The minimum Gasteiger partial charge on any atom is -0.481 e. The van der Waals surface area contributed by atoms with E-state index in [-0.39, 0.29) is 24.8 Å². The van der Waals surface area contributed by atoms with Gasteiger partial charge in [-0.2, -0.15) is 0 Å². The summed E-state index contributed by atoms with van der Waals surface area (Å²) in [6.45, 7) is 5.21. The molecule has 1 aliphatic rings. The van der Waals surface area contributed by atoms with E-state index in [0.717, 1.165) is 32.5 Å². The maximum atomic E-state index is 11.4. The van der Waals surface area contributed by atoms with E-state index in [4.69, 9.17) is 5.11 Å². The lowest BCUT2D eigenvalue weighted by molar-refractivity contribution is -0.139. The Balaban J connectivity index is 2.18. The van der Waals surface area contributed by atoms with Crippen LogP contribution in [0.3, 0.4) is 0 Å². The number of rotatable bonds is 5. The van der Waals surface area contributed by atoms with Crippen LogP contribution in [0.25, 0.3) is 0 Å². The van der Waals surface area contributed by atoms with Crippen molar-refractivity contribution >= 4 is 11.9 Å². The van der Waals surface area contributed by atoms with Crippen molar-refractivity contribution in [1.82, 2.24) is 10.2 Å². The Morgan fingerprint density at radius 1 is 1.31 bits per heavy atom. The lowest BCUT2D eigenvalue weighted by Gasteiger charge is -2.31. The molecule has 0 aromatic rings. The van der Waals surface area contributed by atoms with Crippen molar-refractivity contribution in [2.24, 2.45) is 0 Å². The highest BCUT2D eigenvalue weighted by Gasteiger charge is 2.19. The first-order chi connectivity index (χ1) is 7.61. The van der Waals surface area contributed by atoms with Crippen LogP contribution < -0.4 is 5.32 Å². The monoisotopic (exact) mass is 228 g/mol. The van der Waals surface area contributed by atoms with Crippen LogP contribution in [0.5, 0.6) is 0 Å². The maximum Gasteiger partial charge on any atom is 0.303 e. The molecule has 1 amide bonds. The number of carboxylic acids is 1. The molecule has 1 rings (SSSR count). The number of carbonyl (C=O) groups is 2. The first kappa shape index (κ1) is 13.0. The Kier molecular flexibility index (Phi) is 5.25. The molecule has 0 unspecified atom stereocenters. The molecule has 0 bridgehead atoms. The minimum atomic E-state index is -0.920. The van der Waals surface area contributed by atoms with Crippen LogP contribution in [0.4, 0.5) is 0 Å². The van der Waals surface area contributed by atoms with E-state index >= 15 is 0 Å². The lowest BCUT2D eigenvalue weighted by Crippen LogP contribution is -2.44. The highest BCUT2D eigenvalue weighted by Crippen LogP contribution is 2.09. The van der Waals surface area contributed by atoms with Crippen LogP contribution in [-0.2, 0) is 9.59 Å². The SMILES string of the molecule is CCN1CCC(NC(=O)CCC(=O)O)CC1. The molecule has 0 atom stereocenters. The van der Waals surface area contributed by atoms with Crippen LogP contribution in [-0.4, -0.2) is 47.6 Å². The van der Waals surface area contributed by atoms with E-state index in [1.54, 1.807) is 0 Å². The summed E-state index contributed by atoms with van der Waals surface area (Å²) in [7, 11) is 0. The molecule has 0 spiro atoms. The van der Waals surface area contributed by atoms with Gasteiger partial charge in [0.2, 0.25) is 5.91 Å². The van der Waals surface area contributed by atoms with Crippen LogP contribution >= 0.6 is 0 Å². The number of hydrogen-bond acceptors (Lipinski definition) is 3. The molecule has 0 aromatic carbocycles. The smallest absolute Gasteiger partial charge is 0.303 e. The van der Waals surface area contributed by atoms with Gasteiger partial charge in [-0.15, -0.1) is 0 Å². The van der Waals surface area contributed by atoms with Crippen LogP contribution in [0, 0.1) is 0 Å². The third-order valence-corrected chi connectivity index (χ3v) is 2.97. The molecule has 1 aliphatic heterocycles. The number of nitrogens with zero attached hydrogens (tertiary/aromatic N) is 1. The van der Waals surface area contributed by atoms with E-state index in [2.05, 4.69) is 17.1 Å². The number of likely N-dealkylation sites (tertiary alicyclic amines) is 1. The van der Waals surface area contributed by atoms with Gasteiger partial charge in [0.05, 0.1) is 6.42 Å². The minimum absolute atomic E-state index is 0.0837. The summed E-state index contributed by atoms with van der Waals surface area (Å²) in [6, 6.07) is 0.226. The zero-order valence-electron chi connectivity index (χ0n) is 9.74. The summed E-state index contributed by atoms with van der Waals surface area (Å²) in [5, 5.41) is 11.3. The average molecular weight is 228 g/mol. The molecule has 1 heterocycles. The number of hydrogen-bond donors (Lipinski definition) is 2. The highest BCUT2D eigenvalue weighted by molar-refractivity contribution is 5.80. The number of nitrogens with one attached hydrogen (secondary N) is 1. The first-order valence-corrected chi connectivity index (χ1v) is 5.85. The summed E-state index contributed by atoms with van der Waals surface area (Å²) < 4.78 is 0. The second-order valence-electron chi connectivity index (χ2n) is 4.17. The third kappa shape index (κ3) is 4.61. The predicted octanol–water partition coefficient (Wildman–Crippen LogP) is 0.452. The Bertz CT molecular complexity index is 248. The van der Waals surface area contributed by atoms with Gasteiger partial charge in [-0.05, 0) is 19.4 Å². The van der Waals surface area contributed by atoms with Gasteiger partial charge >= 0.3 is 5.97 Å². The molecular weight excluding hydrogens is 208 g/mol. The normalized spacial score (nSPS) is 18.3. The summed E-state index contributed by atoms with van der Waals surface area (Å²) in [5.41, 5.74) is 0. The van der Waals surface area contributed by atoms with Crippen molar-refractivity contribution in [1.29, 1.82) is 0 Å². The fourth-order valence-electron chi connectivity index (χ4n) is 1.91. The predicted molar refractivity (Wildman–Crippen MR) is 60.1 cm³/mol. The fraction of sp³-hybridized carbons (Fsp3) is 0.818. The summed E-state index contributed by atoms with van der Waals surface area (Å²) in [5.74, 6) is -1.06. The molecule has 92 valence electrons. The number of carbonyl (C=O) groups excluding carboxylic acids is 1. The third-order valence-electron chi connectivity index (χ3n) is 2.97. The van der Waals surface area contributed by atoms with Gasteiger partial charge in [-0.1, -0.05) is 6.92 Å². The van der Waals surface area contributed by atoms with Gasteiger partial charge in [0.15, 0.2) is 0 Å². The average Bonchev–Trinajstić information content (AvgIpc) is 2.27. The van der Waals surface area contributed by atoms with Gasteiger partial charge < -0.3 is 15.3 Å². The number of amides is 1. The molecule has 0 aromatic heterocycles. The zero-order valence-corrected chi connectivity index (χ0v) is 9.74. The Morgan fingerprint density at radius 3 is 2.44 bits per heavy atom. The molecule has 1 saturated heterocycles. The molecule has 5 nitrogen and oxygen atoms in total. The molecule has 2 N–H and O–H groups in total. The standard InChI is InChI=1S/C11H20N2O3/c1-2-13-7-5-9(6-8-13)12-10(14)3-4-11(15)16/h9H,2-8H2,1H3,(H,12,14)(H,15,16). The van der Waals surface area contributed by atoms with Crippen molar-refractivity contribution in [2.75, 3.05) is 19.6 Å². The molecule has 16 heavy (non-hydrogen) atoms. The van der Waals surface area contributed by atoms with Crippen LogP contribution in [0.1, 0.15) is 32.6 Å². The number of aliphatic carboxylic acids is 1. The molecule has 1 fully saturated rings. The lowest BCUT2D eigenvalue weighted by atomic mass is 10.0. The van der Waals surface area contributed by atoms with Crippen LogP contribution in [0.2, 0.25) is 0 Å². The molecule has 0 radical (unpaired) electrons. The van der Waals surface area contributed by atoms with Gasteiger partial charge in [0.1, 0.15) is 0 Å². The zero-order chi connectivity index (χ0) is 12.0. The number of piperidine rings is 1. The van der Waals surface area contributed by atoms with E-state index in [1.807, 2.05) is 0 Å². The Labute approximate surface area is 95.8 Å². The van der Waals surface area contributed by atoms with E-state index < -0.39 is 5.97 Å². The largest absolute Gasteiger partial charge is 0.481 e. The second-order valence-corrected chi connectivity index (χ2v) is 4.17. The maximum absolute atomic E-state index is 11.4. The summed E-state index contributed by atoms with van der Waals surface area (Å²) >= 11 is 0. The fourth-order valence-corrected chi connectivity index (χ4v) is 1.91. The van der Waals surface area contributed by atoms with Crippen LogP contribution in [0.15, 0.2) is 0 Å². The van der Waals surface area contributed by atoms with Gasteiger partial charge in [0.25, 0.3) is 0 Å². The van der Waals surface area contributed by atoms with Crippen molar-refractivity contribution in [3.63, 3.8) is 0 Å². The molecule has 0 saturated carbocycles. The van der Waals surface area contributed by atoms with Gasteiger partial charge in [-0.25, -0.2) is 0 Å². The Hall–Kier alpha value is -1.10. The first-order valence-electron chi connectivity index (χ1n) is 5.85. The second kappa shape index (κ2) is 6.48. The van der Waals surface area contributed by atoms with Crippen molar-refractivity contribution in [2.45, 2.75) is 38.6 Å². The molecule has 0 aliphatic carbocycles. The summed E-state index contributed by atoms with van der Waals surface area (Å²) in [6.07, 6.45) is 1.93. The van der Waals surface area contributed by atoms with Crippen molar-refractivity contribution < 1.29 is 14.7 Å². The molecule has 5 heteroatoms. The van der Waals surface area contributed by atoms with Crippen molar-refractivity contribution in [3.8, 4) is 0 Å². The van der Waals surface area contributed by atoms with Gasteiger partial charge in [0, 0.05) is 25.6 Å². The number of carboxylic acid groups (broad SMARTS) is 1. The quantitative estimate of drug-likeness (QED) is 0.717. The highest BCUT2D eigenvalue weighted by atomic mass is 16.4. The van der Waals surface area contributed by atoms with Crippen molar-refractivity contribution in [3.05, 3.63) is 0 Å². The topological polar surface area (TPSA) is 69.6 Å². The van der Waals surface area contributed by atoms with E-state index in [9.17, 15) is 9.59 Å². The van der Waals surface area contributed by atoms with Gasteiger partial charge in [-0.3, -0.25) is 9.59 Å². The summed E-state index contributed by atoms with van der Waals surface area (Å²) in [4.78, 5) is 24.0. The van der Waals surface area contributed by atoms with E-state index in [1.165, 1.54) is 0 Å². The molecular formula is C11H20N2O3.